The number of anilines is 1. The molecule has 1 saturated carbocycles. The molecule has 0 spiro atoms. The number of halogens is 1. The molecule has 3 N–H and O–H groups in total. The Balaban J connectivity index is 1.21. The number of nitrogens with one attached hydrogen (secondary N) is 3. The van der Waals surface area contributed by atoms with E-state index in [9.17, 15) is 4.39 Å². The smallest absolute Gasteiger partial charge is 0.138 e. The molecule has 0 amide bonds. The second kappa shape index (κ2) is 12.0. The van der Waals surface area contributed by atoms with Crippen LogP contribution in [0.5, 0.6) is 5.75 Å². The molecule has 0 atom stereocenters. The highest BCUT2D eigenvalue weighted by atomic mass is 19.1. The summed E-state index contributed by atoms with van der Waals surface area (Å²) in [4.78, 5) is 19.5. The van der Waals surface area contributed by atoms with E-state index in [-0.39, 0.29) is 11.9 Å². The molecule has 1 fully saturated rings. The molecular formula is C34H35FN8O. The molecule has 9 nitrogen and oxygen atoms in total. The number of benzene rings is 1. The summed E-state index contributed by atoms with van der Waals surface area (Å²) in [6, 6.07) is 14.9. The summed E-state index contributed by atoms with van der Waals surface area (Å²) in [5.41, 5.74) is 7.73. The first-order chi connectivity index (χ1) is 21.5. The predicted molar refractivity (Wildman–Crippen MR) is 172 cm³/mol. The Morgan fingerprint density at radius 1 is 1.00 bits per heavy atom. The fourth-order valence-corrected chi connectivity index (χ4v) is 5.92. The van der Waals surface area contributed by atoms with Crippen molar-refractivity contribution < 1.29 is 9.13 Å². The Morgan fingerprint density at radius 2 is 1.89 bits per heavy atom. The highest BCUT2D eigenvalue weighted by molar-refractivity contribution is 5.99. The topological polar surface area (TPSA) is 108 Å². The van der Waals surface area contributed by atoms with Crippen molar-refractivity contribution in [1.82, 2.24) is 35.0 Å². The summed E-state index contributed by atoms with van der Waals surface area (Å²) in [5.74, 6) is 0.472. The lowest BCUT2D eigenvalue weighted by Crippen LogP contribution is -2.20. The van der Waals surface area contributed by atoms with Crippen LogP contribution in [0.25, 0.3) is 55.8 Å². The fraction of sp³-hybridized carbons (Fsp3) is 0.294. The van der Waals surface area contributed by atoms with Gasteiger partial charge in [0.2, 0.25) is 0 Å². The van der Waals surface area contributed by atoms with Gasteiger partial charge in [0.1, 0.15) is 28.4 Å². The molecule has 0 unspecified atom stereocenters. The van der Waals surface area contributed by atoms with E-state index in [0.29, 0.717) is 17.9 Å². The predicted octanol–water partition coefficient (Wildman–Crippen LogP) is 7.05. The van der Waals surface area contributed by atoms with Crippen molar-refractivity contribution in [2.45, 2.75) is 38.2 Å². The maximum atomic E-state index is 14.7. The van der Waals surface area contributed by atoms with Crippen molar-refractivity contribution in [3.8, 4) is 39.5 Å². The molecule has 7 rings (SSSR count). The van der Waals surface area contributed by atoms with Gasteiger partial charge in [-0.05, 0) is 99.4 Å². The third kappa shape index (κ3) is 5.85. The van der Waals surface area contributed by atoms with Gasteiger partial charge in [0.25, 0.3) is 0 Å². The molecular weight excluding hydrogens is 555 g/mol. The third-order valence-corrected chi connectivity index (χ3v) is 8.16. The maximum absolute atomic E-state index is 14.7. The number of ether oxygens (including phenoxy) is 1. The number of aromatic amines is 2. The van der Waals surface area contributed by atoms with Crippen LogP contribution in [-0.2, 0) is 0 Å². The summed E-state index contributed by atoms with van der Waals surface area (Å²) in [6.45, 7) is 1.56. The first-order valence-corrected chi connectivity index (χ1v) is 15.1. The van der Waals surface area contributed by atoms with Crippen LogP contribution in [0.2, 0.25) is 0 Å². The standard InChI is InChI=1S/C34H35FN8O/c1-43(2)13-12-37-24-15-21(14-23(35)17-24)27-10-11-38-34-28(27)18-31(40-34)33-32-30(41-42-33)9-8-29(39-32)22-16-26(20-36-19-22)44-25-6-4-3-5-7-25/h8-11,14-20,25,37H,3-7,12-13H2,1-2H3,(H,38,40)(H,41,42). The number of aromatic nitrogens is 6. The first-order valence-electron chi connectivity index (χ1n) is 15.1. The van der Waals surface area contributed by atoms with E-state index in [0.717, 1.165) is 75.3 Å². The number of likely N-dealkylation sites (N-methyl/N-ethyl adjacent to an activating group) is 1. The number of nitrogens with zero attached hydrogens (tertiary/aromatic N) is 5. The Hall–Kier alpha value is -4.83. The first kappa shape index (κ1) is 28.0. The number of hydrogen-bond donors (Lipinski definition) is 3. The Bertz CT molecular complexity index is 1920. The molecule has 1 aliphatic carbocycles. The summed E-state index contributed by atoms with van der Waals surface area (Å²) in [6.07, 6.45) is 11.4. The lowest BCUT2D eigenvalue weighted by atomic mass is 9.98. The Labute approximate surface area is 254 Å². The zero-order valence-corrected chi connectivity index (χ0v) is 24.9. The van der Waals surface area contributed by atoms with E-state index in [1.54, 1.807) is 18.5 Å². The monoisotopic (exact) mass is 590 g/mol. The van der Waals surface area contributed by atoms with Gasteiger partial charge in [0.15, 0.2) is 0 Å². The largest absolute Gasteiger partial charge is 0.489 e. The minimum Gasteiger partial charge on any atom is -0.489 e. The number of H-pyrrole nitrogens is 2. The average Bonchev–Trinajstić information content (AvgIpc) is 3.65. The molecule has 0 bridgehead atoms. The molecule has 10 heteroatoms. The number of rotatable bonds is 9. The number of hydrogen-bond acceptors (Lipinski definition) is 7. The maximum Gasteiger partial charge on any atom is 0.138 e. The van der Waals surface area contributed by atoms with Gasteiger partial charge in [-0.1, -0.05) is 6.42 Å². The summed E-state index contributed by atoms with van der Waals surface area (Å²) < 4.78 is 21.0. The van der Waals surface area contributed by atoms with E-state index in [1.807, 2.05) is 56.7 Å². The Morgan fingerprint density at radius 3 is 2.75 bits per heavy atom. The molecule has 0 saturated heterocycles. The molecule has 1 aromatic carbocycles. The van der Waals surface area contributed by atoms with Gasteiger partial charge >= 0.3 is 0 Å². The van der Waals surface area contributed by atoms with E-state index in [4.69, 9.17) is 9.72 Å². The summed E-state index contributed by atoms with van der Waals surface area (Å²) in [5, 5.41) is 11.9. The van der Waals surface area contributed by atoms with Crippen LogP contribution in [0.4, 0.5) is 10.1 Å². The average molecular weight is 591 g/mol. The fourth-order valence-electron chi connectivity index (χ4n) is 5.92. The van der Waals surface area contributed by atoms with Crippen LogP contribution in [0, 0.1) is 5.82 Å². The highest BCUT2D eigenvalue weighted by Crippen LogP contribution is 2.35. The van der Waals surface area contributed by atoms with Crippen molar-refractivity contribution >= 4 is 27.8 Å². The second-order valence-corrected chi connectivity index (χ2v) is 11.7. The van der Waals surface area contributed by atoms with Crippen LogP contribution in [-0.4, -0.2) is 68.3 Å². The summed E-state index contributed by atoms with van der Waals surface area (Å²) in [7, 11) is 4.02. The normalized spacial score (nSPS) is 14.1. The molecule has 5 aromatic heterocycles. The van der Waals surface area contributed by atoms with Crippen LogP contribution < -0.4 is 10.1 Å². The van der Waals surface area contributed by atoms with Crippen molar-refractivity contribution in [2.24, 2.45) is 0 Å². The van der Waals surface area contributed by atoms with Crippen LogP contribution in [0.1, 0.15) is 32.1 Å². The lowest BCUT2D eigenvalue weighted by Gasteiger charge is -2.22. The molecule has 44 heavy (non-hydrogen) atoms. The van der Waals surface area contributed by atoms with Crippen molar-refractivity contribution in [3.63, 3.8) is 0 Å². The quantitative estimate of drug-likeness (QED) is 0.166. The zero-order valence-electron chi connectivity index (χ0n) is 24.9. The van der Waals surface area contributed by atoms with E-state index in [2.05, 4.69) is 35.4 Å². The number of pyridine rings is 3. The van der Waals surface area contributed by atoms with Crippen LogP contribution in [0.15, 0.2) is 67.1 Å². The molecule has 5 heterocycles. The van der Waals surface area contributed by atoms with Gasteiger partial charge in [-0.2, -0.15) is 5.10 Å². The van der Waals surface area contributed by atoms with Crippen molar-refractivity contribution in [1.29, 1.82) is 0 Å². The number of fused-ring (bicyclic) bond motifs is 2. The van der Waals surface area contributed by atoms with Crippen molar-refractivity contribution in [2.75, 3.05) is 32.5 Å². The molecule has 0 radical (unpaired) electrons. The summed E-state index contributed by atoms with van der Waals surface area (Å²) >= 11 is 0. The van der Waals surface area contributed by atoms with Gasteiger partial charge < -0.3 is 19.9 Å². The van der Waals surface area contributed by atoms with Gasteiger partial charge in [-0.3, -0.25) is 10.1 Å². The minimum atomic E-state index is -0.298. The molecule has 1 aliphatic rings. The van der Waals surface area contributed by atoms with Crippen LogP contribution >= 0.6 is 0 Å². The van der Waals surface area contributed by atoms with Gasteiger partial charge in [-0.25, -0.2) is 14.4 Å². The SMILES string of the molecule is CN(C)CCNc1cc(F)cc(-c2ccnc3[nH]c(-c4n[nH]c5ccc(-c6cncc(OC7CCCCC7)c6)nc45)cc23)c1. The van der Waals surface area contributed by atoms with E-state index < -0.39 is 0 Å². The van der Waals surface area contributed by atoms with Crippen LogP contribution in [0.3, 0.4) is 0 Å². The molecule has 6 aromatic rings. The minimum absolute atomic E-state index is 0.246. The third-order valence-electron chi connectivity index (χ3n) is 8.16. The van der Waals surface area contributed by atoms with Gasteiger partial charge in [-0.15, -0.1) is 0 Å². The van der Waals surface area contributed by atoms with E-state index >= 15 is 0 Å². The van der Waals surface area contributed by atoms with Crippen molar-refractivity contribution in [3.05, 3.63) is 72.9 Å². The molecule has 0 aliphatic heterocycles. The van der Waals surface area contributed by atoms with E-state index in [1.165, 1.54) is 25.3 Å². The Kier molecular flexibility index (Phi) is 7.66. The highest BCUT2D eigenvalue weighted by Gasteiger charge is 2.18. The lowest BCUT2D eigenvalue weighted by molar-refractivity contribution is 0.154. The molecule has 224 valence electrons. The van der Waals surface area contributed by atoms with Gasteiger partial charge in [0, 0.05) is 42.1 Å². The zero-order chi connectivity index (χ0) is 30.0. The second-order valence-electron chi connectivity index (χ2n) is 11.7. The van der Waals surface area contributed by atoms with Gasteiger partial charge in [0.05, 0.1) is 29.2 Å².